The zero-order valence-electron chi connectivity index (χ0n) is 47.1. The standard InChI is InChI=1S/C61H87BrO13SSi/c1-12-13-22-42-30-37(3)39(5)49(68-42)33-50-52(40(6)48(71-50)29-36(2)35-67-77(10,11)60(7,8)9)58(76(65,66)45-23-18-15-19-24-45)46(63)32-43-25-26-47-53(69-43)57-56-55(72-47)54-51(73-56)34-61(74-54,75-57)28-27-44(31-38(4)62)70-59(64)41-20-16-14-17-21-41/h14-21,23-24,36-37,40,42-44,47-58H,4-5,12-13,22,25-35H2,1-3,6-11H3/t36-,37+,40-,42?,43+,44+,47-,48+,49+,50?,51+,52+,53-,54?,55-,56+,57?,58?,61-/m0/s1. The van der Waals surface area contributed by atoms with Crippen LogP contribution in [0.1, 0.15) is 142 Å². The molecule has 0 spiro atoms. The van der Waals surface area contributed by atoms with Crippen molar-refractivity contribution in [3.05, 3.63) is 89.4 Å². The molecule has 426 valence electrons. The highest BCUT2D eigenvalue weighted by molar-refractivity contribution is 9.11. The van der Waals surface area contributed by atoms with Gasteiger partial charge >= 0.3 is 5.97 Å². The van der Waals surface area contributed by atoms with Gasteiger partial charge in [0.2, 0.25) is 0 Å². The van der Waals surface area contributed by atoms with Gasteiger partial charge in [0.15, 0.2) is 29.7 Å². The van der Waals surface area contributed by atoms with Crippen molar-refractivity contribution in [1.82, 2.24) is 0 Å². The summed E-state index contributed by atoms with van der Waals surface area (Å²) in [4.78, 5) is 29.0. The summed E-state index contributed by atoms with van der Waals surface area (Å²) in [5.41, 5.74) is 1.45. The second-order valence-electron chi connectivity index (χ2n) is 25.4. The first-order valence-corrected chi connectivity index (χ1v) is 34.1. The van der Waals surface area contributed by atoms with E-state index in [1.165, 1.54) is 0 Å². The third-order valence-electron chi connectivity index (χ3n) is 18.6. The number of ketones is 1. The number of hydrogen-bond donors (Lipinski definition) is 0. The van der Waals surface area contributed by atoms with E-state index in [0.717, 1.165) is 31.3 Å². The number of rotatable bonds is 23. The lowest BCUT2D eigenvalue weighted by Gasteiger charge is -2.47. The Bertz CT molecular complexity index is 2510. The van der Waals surface area contributed by atoms with Crippen molar-refractivity contribution in [1.29, 1.82) is 0 Å². The quantitative estimate of drug-likeness (QED) is 0.0590. The summed E-state index contributed by atoms with van der Waals surface area (Å²) in [6.45, 7) is 29.0. The Balaban J connectivity index is 0.968. The molecule has 6 bridgehead atoms. The van der Waals surface area contributed by atoms with E-state index in [9.17, 15) is 4.79 Å². The molecule has 0 amide bonds. The molecule has 0 radical (unpaired) electrons. The molecule has 19 atom stereocenters. The monoisotopic (exact) mass is 1170 g/mol. The number of sulfone groups is 1. The van der Waals surface area contributed by atoms with Crippen LogP contribution in [0.5, 0.6) is 0 Å². The number of carbonyl (C=O) groups excluding carboxylic acids is 2. The SMILES string of the molecule is C=C(Br)C[C@@H](CC[C@@]12C[C@H]3O[C@H]4C(O1)[C@H]1O[C@@H](CC(=O)C([C@H]5C(C[C@H]6OC(CCCC)C[C@@H](C)C6=C)O[C@H](C[C@H](C)CO[Si](C)(C)C(C)(C)C)[C@@H]5C)S(=O)(=O)c5ccccc5)CC[C@@H]1O[C@H]4C3O2)OC(=O)c1ccccc1. The maximum atomic E-state index is 15.7. The molecular formula is C61H87BrO13SSi. The Morgan fingerprint density at radius 3 is 2.23 bits per heavy atom. The zero-order chi connectivity index (χ0) is 55.2. The number of esters is 1. The van der Waals surface area contributed by atoms with Gasteiger partial charge in [-0.05, 0) is 109 Å². The fourth-order valence-electron chi connectivity index (χ4n) is 13.2. The molecule has 0 N–H and O–H groups in total. The van der Waals surface area contributed by atoms with Crippen molar-refractivity contribution in [2.75, 3.05) is 6.61 Å². The topological polar surface area (TPSA) is 151 Å². The maximum absolute atomic E-state index is 15.7. The van der Waals surface area contributed by atoms with Gasteiger partial charge in [0.05, 0.1) is 53.2 Å². The Labute approximate surface area is 468 Å². The van der Waals surface area contributed by atoms with Crippen LogP contribution in [0.4, 0.5) is 0 Å². The Morgan fingerprint density at radius 1 is 0.870 bits per heavy atom. The minimum Gasteiger partial charge on any atom is -0.458 e. The van der Waals surface area contributed by atoms with Crippen molar-refractivity contribution in [2.24, 2.45) is 23.7 Å². The summed E-state index contributed by atoms with van der Waals surface area (Å²) < 4.78 is 93.0. The number of halogens is 1. The van der Waals surface area contributed by atoms with Crippen molar-refractivity contribution in [2.45, 2.75) is 245 Å². The van der Waals surface area contributed by atoms with Gasteiger partial charge in [-0.2, -0.15) is 0 Å². The highest BCUT2D eigenvalue weighted by atomic mass is 79.9. The van der Waals surface area contributed by atoms with E-state index in [1.54, 1.807) is 54.6 Å². The van der Waals surface area contributed by atoms with Crippen molar-refractivity contribution in [3.63, 3.8) is 0 Å². The summed E-state index contributed by atoms with van der Waals surface area (Å²) in [6, 6.07) is 17.3. The van der Waals surface area contributed by atoms with Crippen LogP contribution in [0, 0.1) is 23.7 Å². The third kappa shape index (κ3) is 12.9. The van der Waals surface area contributed by atoms with E-state index >= 15 is 13.2 Å². The van der Waals surface area contributed by atoms with Gasteiger partial charge in [0.25, 0.3) is 0 Å². The normalized spacial score (nSPS) is 36.0. The first kappa shape index (κ1) is 59.0. The molecule has 2 aromatic carbocycles. The average Bonchev–Trinajstić information content (AvgIpc) is 3.99. The van der Waals surface area contributed by atoms with Crippen molar-refractivity contribution in [3.8, 4) is 0 Å². The molecule has 8 aliphatic heterocycles. The fraction of sp³-hybridized carbons (Fsp3) is 0.705. The van der Waals surface area contributed by atoms with Gasteiger partial charge < -0.3 is 42.3 Å². The van der Waals surface area contributed by atoms with E-state index in [2.05, 4.69) is 90.6 Å². The fourth-order valence-corrected chi connectivity index (χ4v) is 16.8. The van der Waals surface area contributed by atoms with Gasteiger partial charge in [-0.3, -0.25) is 4.79 Å². The van der Waals surface area contributed by atoms with Crippen molar-refractivity contribution < 1.29 is 60.3 Å². The van der Waals surface area contributed by atoms with Gasteiger partial charge in [-0.25, -0.2) is 13.2 Å². The molecule has 5 unspecified atom stereocenters. The Kier molecular flexibility index (Phi) is 18.5. The molecule has 13 nitrogen and oxygen atoms in total. The highest BCUT2D eigenvalue weighted by Crippen LogP contribution is 2.55. The third-order valence-corrected chi connectivity index (χ3v) is 25.6. The summed E-state index contributed by atoms with van der Waals surface area (Å²) >= 11 is 3.49. The summed E-state index contributed by atoms with van der Waals surface area (Å²) in [6.07, 6.45) is 2.32. The number of hydrogen-bond acceptors (Lipinski definition) is 13. The Morgan fingerprint density at radius 2 is 1.55 bits per heavy atom. The number of ether oxygens (including phenoxy) is 8. The molecule has 10 rings (SSSR count). The predicted octanol–water partition coefficient (Wildman–Crippen LogP) is 12.1. The lowest BCUT2D eigenvalue weighted by Crippen LogP contribution is -2.62. The molecule has 16 heteroatoms. The van der Waals surface area contributed by atoms with E-state index in [1.807, 2.05) is 6.07 Å². The number of Topliss-reactive ketones (excluding diaryl/α,β-unsaturated/α-hetero) is 1. The lowest BCUT2D eigenvalue weighted by atomic mass is 9.78. The highest BCUT2D eigenvalue weighted by Gasteiger charge is 2.69. The van der Waals surface area contributed by atoms with Crippen LogP contribution < -0.4 is 0 Å². The smallest absolute Gasteiger partial charge is 0.338 e. The minimum absolute atomic E-state index is 0.0475. The van der Waals surface area contributed by atoms with E-state index < -0.39 is 83.5 Å². The van der Waals surface area contributed by atoms with Gasteiger partial charge in [-0.1, -0.05) is 127 Å². The van der Waals surface area contributed by atoms with Crippen molar-refractivity contribution >= 4 is 45.8 Å². The van der Waals surface area contributed by atoms with Crippen LogP contribution >= 0.6 is 15.9 Å². The van der Waals surface area contributed by atoms with E-state index in [-0.39, 0.29) is 76.8 Å². The van der Waals surface area contributed by atoms with Crippen LogP contribution in [-0.4, -0.2) is 125 Å². The second kappa shape index (κ2) is 24.1. The number of fused-ring (bicyclic) bond motifs is 1. The average molecular weight is 1170 g/mol. The largest absolute Gasteiger partial charge is 0.458 e. The molecular weight excluding hydrogens is 1080 g/mol. The first-order valence-electron chi connectivity index (χ1n) is 28.8. The number of benzene rings is 2. The summed E-state index contributed by atoms with van der Waals surface area (Å²) in [7, 11) is -6.34. The maximum Gasteiger partial charge on any atom is 0.338 e. The molecule has 8 heterocycles. The number of unbranched alkanes of at least 4 members (excludes halogenated alkanes) is 1. The van der Waals surface area contributed by atoms with Crippen LogP contribution in [0.2, 0.25) is 18.1 Å². The van der Waals surface area contributed by atoms with Crippen LogP contribution in [0.15, 0.2) is 88.8 Å². The van der Waals surface area contributed by atoms with Crippen LogP contribution in [-0.2, 0) is 57.0 Å². The van der Waals surface area contributed by atoms with Gasteiger partial charge in [-0.15, -0.1) is 0 Å². The number of carbonyl (C=O) groups is 2. The molecule has 8 aliphatic rings. The van der Waals surface area contributed by atoms with Gasteiger partial charge in [0, 0.05) is 44.6 Å². The molecule has 8 fully saturated rings. The molecule has 8 saturated heterocycles. The van der Waals surface area contributed by atoms with Gasteiger partial charge in [0.1, 0.15) is 41.9 Å². The lowest BCUT2D eigenvalue weighted by molar-refractivity contribution is -0.292. The van der Waals surface area contributed by atoms with Crippen LogP contribution in [0.3, 0.4) is 0 Å². The summed E-state index contributed by atoms with van der Waals surface area (Å²) in [5.74, 6) is -2.54. The van der Waals surface area contributed by atoms with E-state index in [4.69, 9.17) is 42.3 Å². The summed E-state index contributed by atoms with van der Waals surface area (Å²) in [5, 5.41) is -1.38. The molecule has 0 saturated carbocycles. The zero-order valence-corrected chi connectivity index (χ0v) is 50.5. The second-order valence-corrected chi connectivity index (χ2v) is 33.4. The Hall–Kier alpha value is -2.61. The predicted molar refractivity (Wildman–Crippen MR) is 301 cm³/mol. The molecule has 2 aromatic rings. The molecule has 77 heavy (non-hydrogen) atoms. The molecule has 0 aliphatic carbocycles. The molecule has 0 aromatic heterocycles. The minimum atomic E-state index is -4.28. The van der Waals surface area contributed by atoms with Crippen LogP contribution in [0.25, 0.3) is 0 Å². The van der Waals surface area contributed by atoms with E-state index in [0.29, 0.717) is 68.0 Å². The first-order chi connectivity index (χ1) is 36.5.